The molecule has 1 rings (SSSR count). The third-order valence-electron chi connectivity index (χ3n) is 2.70. The van der Waals surface area contributed by atoms with E-state index >= 15 is 0 Å². The van der Waals surface area contributed by atoms with Crippen molar-refractivity contribution in [3.05, 3.63) is 34.3 Å². The van der Waals surface area contributed by atoms with E-state index in [4.69, 9.17) is 5.11 Å². The summed E-state index contributed by atoms with van der Waals surface area (Å²) >= 11 is 3.43. The first-order valence-electron chi connectivity index (χ1n) is 6.39. The first-order chi connectivity index (χ1) is 8.93. The zero-order chi connectivity index (χ0) is 14.4. The van der Waals surface area contributed by atoms with Gasteiger partial charge in [0.05, 0.1) is 0 Å². The van der Waals surface area contributed by atoms with Gasteiger partial charge in [0.25, 0.3) is 0 Å². The molecule has 0 aliphatic heterocycles. The number of anilines is 1. The highest BCUT2D eigenvalue weighted by Gasteiger charge is 2.10. The third kappa shape index (κ3) is 5.07. The number of carbonyl (C=O) groups is 1. The van der Waals surface area contributed by atoms with E-state index < -0.39 is 5.97 Å². The summed E-state index contributed by atoms with van der Waals surface area (Å²) in [6, 6.07) is 5.95. The van der Waals surface area contributed by atoms with Crippen LogP contribution in [0.2, 0.25) is 0 Å². The molecule has 1 aromatic carbocycles. The average Bonchev–Trinajstić information content (AvgIpc) is 2.33. The van der Waals surface area contributed by atoms with Gasteiger partial charge in [0.1, 0.15) is 0 Å². The SMILES string of the molecule is CCN(CC(C)C)c1ccc(Br)cc1/C=C/C(=O)O. The molecule has 0 radical (unpaired) electrons. The zero-order valence-electron chi connectivity index (χ0n) is 11.6. The van der Waals surface area contributed by atoms with Crippen LogP contribution in [0.15, 0.2) is 28.7 Å². The number of hydrogen-bond donors (Lipinski definition) is 1. The van der Waals surface area contributed by atoms with Crippen LogP contribution in [0.3, 0.4) is 0 Å². The van der Waals surface area contributed by atoms with E-state index in [1.807, 2.05) is 18.2 Å². The summed E-state index contributed by atoms with van der Waals surface area (Å²) < 4.78 is 0.946. The highest BCUT2D eigenvalue weighted by Crippen LogP contribution is 2.26. The molecule has 4 heteroatoms. The smallest absolute Gasteiger partial charge is 0.328 e. The Bertz CT molecular complexity index is 469. The van der Waals surface area contributed by atoms with Crippen molar-refractivity contribution in [1.82, 2.24) is 0 Å². The fourth-order valence-electron chi connectivity index (χ4n) is 1.95. The van der Waals surface area contributed by atoms with Gasteiger partial charge in [-0.15, -0.1) is 0 Å². The summed E-state index contributed by atoms with van der Waals surface area (Å²) in [4.78, 5) is 12.9. The summed E-state index contributed by atoms with van der Waals surface area (Å²) in [6.07, 6.45) is 2.82. The van der Waals surface area contributed by atoms with Gasteiger partial charge in [-0.3, -0.25) is 0 Å². The topological polar surface area (TPSA) is 40.5 Å². The Labute approximate surface area is 123 Å². The van der Waals surface area contributed by atoms with Gasteiger partial charge in [0.2, 0.25) is 0 Å². The molecule has 19 heavy (non-hydrogen) atoms. The quantitative estimate of drug-likeness (QED) is 0.803. The molecule has 3 nitrogen and oxygen atoms in total. The molecule has 0 saturated heterocycles. The Morgan fingerprint density at radius 1 is 1.47 bits per heavy atom. The Morgan fingerprint density at radius 3 is 2.68 bits per heavy atom. The van der Waals surface area contributed by atoms with Gasteiger partial charge in [-0.1, -0.05) is 29.8 Å². The second kappa shape index (κ2) is 7.34. The van der Waals surface area contributed by atoms with Crippen LogP contribution in [-0.4, -0.2) is 24.2 Å². The largest absolute Gasteiger partial charge is 0.478 e. The maximum atomic E-state index is 10.7. The first kappa shape index (κ1) is 15.8. The minimum atomic E-state index is -0.933. The van der Waals surface area contributed by atoms with Crippen molar-refractivity contribution in [1.29, 1.82) is 0 Å². The molecule has 104 valence electrons. The Morgan fingerprint density at radius 2 is 2.16 bits per heavy atom. The molecule has 0 atom stereocenters. The van der Waals surface area contributed by atoms with E-state index in [9.17, 15) is 4.79 Å². The normalized spacial score (nSPS) is 11.2. The minimum absolute atomic E-state index is 0.555. The Hall–Kier alpha value is -1.29. The van der Waals surface area contributed by atoms with Crippen LogP contribution in [0.25, 0.3) is 6.08 Å². The molecule has 1 N–H and O–H groups in total. The van der Waals surface area contributed by atoms with Crippen LogP contribution in [0, 0.1) is 5.92 Å². The van der Waals surface area contributed by atoms with Gasteiger partial charge >= 0.3 is 5.97 Å². The number of carboxylic acid groups (broad SMARTS) is 1. The number of carboxylic acids is 1. The molecule has 0 saturated carbocycles. The molecule has 0 aliphatic rings. The Balaban J connectivity index is 3.13. The van der Waals surface area contributed by atoms with Gasteiger partial charge < -0.3 is 10.0 Å². The van der Waals surface area contributed by atoms with Crippen LogP contribution in [-0.2, 0) is 4.79 Å². The second-order valence-electron chi connectivity index (χ2n) is 4.81. The van der Waals surface area contributed by atoms with Gasteiger partial charge in [-0.25, -0.2) is 4.79 Å². The van der Waals surface area contributed by atoms with Crippen molar-refractivity contribution >= 4 is 33.7 Å². The van der Waals surface area contributed by atoms with Crippen molar-refractivity contribution in [2.45, 2.75) is 20.8 Å². The summed E-state index contributed by atoms with van der Waals surface area (Å²) in [6.45, 7) is 8.30. The van der Waals surface area contributed by atoms with Crippen LogP contribution < -0.4 is 4.90 Å². The van der Waals surface area contributed by atoms with E-state index in [1.165, 1.54) is 6.08 Å². The van der Waals surface area contributed by atoms with Crippen LogP contribution >= 0.6 is 15.9 Å². The van der Waals surface area contributed by atoms with Crippen molar-refractivity contribution < 1.29 is 9.90 Å². The van der Waals surface area contributed by atoms with Crippen molar-refractivity contribution in [3.63, 3.8) is 0 Å². The lowest BCUT2D eigenvalue weighted by Crippen LogP contribution is -2.27. The fourth-order valence-corrected chi connectivity index (χ4v) is 2.33. The predicted molar refractivity (Wildman–Crippen MR) is 83.5 cm³/mol. The Kier molecular flexibility index (Phi) is 6.09. The lowest BCUT2D eigenvalue weighted by molar-refractivity contribution is -0.131. The summed E-state index contributed by atoms with van der Waals surface area (Å²) in [5.41, 5.74) is 1.98. The molecule has 0 aromatic heterocycles. The number of nitrogens with zero attached hydrogens (tertiary/aromatic N) is 1. The highest BCUT2D eigenvalue weighted by molar-refractivity contribution is 9.10. The molecule has 0 spiro atoms. The first-order valence-corrected chi connectivity index (χ1v) is 7.18. The lowest BCUT2D eigenvalue weighted by atomic mass is 10.1. The lowest BCUT2D eigenvalue weighted by Gasteiger charge is -2.27. The maximum absolute atomic E-state index is 10.7. The van der Waals surface area contributed by atoms with Gasteiger partial charge in [-0.05, 0) is 42.7 Å². The van der Waals surface area contributed by atoms with Gasteiger partial charge in [0, 0.05) is 29.3 Å². The summed E-state index contributed by atoms with van der Waals surface area (Å²) in [5.74, 6) is -0.377. The van der Waals surface area contributed by atoms with Crippen LogP contribution in [0.4, 0.5) is 5.69 Å². The molecular formula is C15H20BrNO2. The maximum Gasteiger partial charge on any atom is 0.328 e. The van der Waals surface area contributed by atoms with Crippen molar-refractivity contribution in [3.8, 4) is 0 Å². The monoisotopic (exact) mass is 325 g/mol. The zero-order valence-corrected chi connectivity index (χ0v) is 13.1. The molecule has 0 heterocycles. The van der Waals surface area contributed by atoms with Crippen molar-refractivity contribution in [2.75, 3.05) is 18.0 Å². The van der Waals surface area contributed by atoms with E-state index in [1.54, 1.807) is 6.08 Å². The van der Waals surface area contributed by atoms with Crippen molar-refractivity contribution in [2.24, 2.45) is 5.92 Å². The van der Waals surface area contributed by atoms with E-state index in [0.29, 0.717) is 5.92 Å². The summed E-state index contributed by atoms with van der Waals surface area (Å²) in [5, 5.41) is 8.76. The summed E-state index contributed by atoms with van der Waals surface area (Å²) in [7, 11) is 0. The van der Waals surface area contributed by atoms with Crippen LogP contribution in [0.1, 0.15) is 26.3 Å². The number of aliphatic carboxylic acids is 1. The van der Waals surface area contributed by atoms with E-state index in [0.717, 1.165) is 28.8 Å². The third-order valence-corrected chi connectivity index (χ3v) is 3.20. The molecule has 0 unspecified atom stereocenters. The highest BCUT2D eigenvalue weighted by atomic mass is 79.9. The number of benzene rings is 1. The molecule has 0 amide bonds. The molecule has 0 aliphatic carbocycles. The molecular weight excluding hydrogens is 306 g/mol. The van der Waals surface area contributed by atoms with Crippen LogP contribution in [0.5, 0.6) is 0 Å². The number of hydrogen-bond acceptors (Lipinski definition) is 2. The standard InChI is InChI=1S/C15H20BrNO2/c1-4-17(10-11(2)3)14-7-6-13(16)9-12(14)5-8-15(18)19/h5-9,11H,4,10H2,1-3H3,(H,18,19)/b8-5+. The average molecular weight is 326 g/mol. The number of rotatable bonds is 6. The van der Waals surface area contributed by atoms with E-state index in [-0.39, 0.29) is 0 Å². The fraction of sp³-hybridized carbons (Fsp3) is 0.400. The van der Waals surface area contributed by atoms with E-state index in [2.05, 4.69) is 41.6 Å². The number of halogens is 1. The van der Waals surface area contributed by atoms with Gasteiger partial charge in [-0.2, -0.15) is 0 Å². The molecule has 0 bridgehead atoms. The second-order valence-corrected chi connectivity index (χ2v) is 5.72. The molecule has 1 aromatic rings. The van der Waals surface area contributed by atoms with Gasteiger partial charge in [0.15, 0.2) is 0 Å². The molecule has 0 fully saturated rings. The predicted octanol–water partition coefficient (Wildman–Crippen LogP) is 4.03. The minimum Gasteiger partial charge on any atom is -0.478 e.